The summed E-state index contributed by atoms with van der Waals surface area (Å²) in [7, 11) is 0. The van der Waals surface area contributed by atoms with Crippen LogP contribution >= 0.6 is 0 Å². The van der Waals surface area contributed by atoms with Crippen LogP contribution in [0.1, 0.15) is 37.6 Å². The highest BCUT2D eigenvalue weighted by molar-refractivity contribution is 5.77. The number of rotatable bonds is 5. The summed E-state index contributed by atoms with van der Waals surface area (Å²) < 4.78 is 23.3. The molecule has 21 heavy (non-hydrogen) atoms. The number of nitrogens with zero attached hydrogens (tertiary/aromatic N) is 2. The van der Waals surface area contributed by atoms with Crippen LogP contribution in [0.25, 0.3) is 11.4 Å². The Kier molecular flexibility index (Phi) is 4.67. The van der Waals surface area contributed by atoms with Gasteiger partial charge in [-0.1, -0.05) is 12.1 Å². The van der Waals surface area contributed by atoms with Gasteiger partial charge in [0.25, 0.3) is 0 Å². The van der Waals surface area contributed by atoms with Crippen LogP contribution in [-0.4, -0.2) is 22.7 Å². The number of carbonyl (C=O) groups excluding carboxylic acids is 1. The Labute approximate surface area is 122 Å². The highest BCUT2D eigenvalue weighted by atomic mass is 19.1. The molecule has 0 amide bonds. The number of esters is 1. The Hall–Kier alpha value is -2.24. The van der Waals surface area contributed by atoms with Crippen LogP contribution in [0.2, 0.25) is 0 Å². The predicted molar refractivity (Wildman–Crippen MR) is 74.1 cm³/mol. The molecule has 1 heterocycles. The number of benzene rings is 1. The second kappa shape index (κ2) is 6.47. The van der Waals surface area contributed by atoms with E-state index in [4.69, 9.17) is 9.26 Å². The third-order valence-electron chi connectivity index (χ3n) is 3.15. The van der Waals surface area contributed by atoms with E-state index in [1.54, 1.807) is 19.9 Å². The molecule has 0 aliphatic rings. The maximum absolute atomic E-state index is 13.1. The van der Waals surface area contributed by atoms with Crippen molar-refractivity contribution >= 4 is 5.97 Å². The topological polar surface area (TPSA) is 65.2 Å². The molecule has 0 radical (unpaired) electrons. The van der Waals surface area contributed by atoms with Crippen LogP contribution in [0.15, 0.2) is 22.7 Å². The molecule has 0 aliphatic carbocycles. The van der Waals surface area contributed by atoms with Crippen LogP contribution in [-0.2, 0) is 9.53 Å². The molecule has 1 unspecified atom stereocenters. The summed E-state index contributed by atoms with van der Waals surface area (Å²) in [4.78, 5) is 16.1. The maximum atomic E-state index is 13.1. The third-order valence-corrected chi connectivity index (χ3v) is 3.15. The van der Waals surface area contributed by atoms with Gasteiger partial charge in [0.15, 0.2) is 0 Å². The molecule has 2 rings (SSSR count). The van der Waals surface area contributed by atoms with E-state index in [1.807, 2.05) is 6.92 Å². The van der Waals surface area contributed by atoms with Crippen molar-refractivity contribution in [3.63, 3.8) is 0 Å². The molecule has 6 heteroatoms. The number of carbonyl (C=O) groups is 1. The van der Waals surface area contributed by atoms with Gasteiger partial charge in [-0.3, -0.25) is 4.79 Å². The summed E-state index contributed by atoms with van der Waals surface area (Å²) in [6.07, 6.45) is 0.503. The van der Waals surface area contributed by atoms with E-state index >= 15 is 0 Å². The van der Waals surface area contributed by atoms with Gasteiger partial charge >= 0.3 is 5.97 Å². The normalized spacial score (nSPS) is 12.2. The summed E-state index contributed by atoms with van der Waals surface area (Å²) in [5.41, 5.74) is 1.37. The Morgan fingerprint density at radius 2 is 2.19 bits per heavy atom. The minimum Gasteiger partial charge on any atom is -0.465 e. The first-order valence-electron chi connectivity index (χ1n) is 6.83. The zero-order valence-electron chi connectivity index (χ0n) is 12.2. The first kappa shape index (κ1) is 15.2. The lowest BCUT2D eigenvalue weighted by molar-refractivity contribution is -0.145. The fourth-order valence-electron chi connectivity index (χ4n) is 2.05. The van der Waals surface area contributed by atoms with Crippen molar-refractivity contribution in [2.45, 2.75) is 33.1 Å². The van der Waals surface area contributed by atoms with E-state index in [9.17, 15) is 9.18 Å². The zero-order chi connectivity index (χ0) is 15.4. The molecule has 0 saturated heterocycles. The third kappa shape index (κ3) is 3.26. The van der Waals surface area contributed by atoms with Crippen molar-refractivity contribution in [1.82, 2.24) is 10.1 Å². The Morgan fingerprint density at radius 1 is 1.43 bits per heavy atom. The van der Waals surface area contributed by atoms with Gasteiger partial charge in [0, 0.05) is 5.56 Å². The second-order valence-corrected chi connectivity index (χ2v) is 4.63. The largest absolute Gasteiger partial charge is 0.465 e. The average molecular weight is 292 g/mol. The maximum Gasteiger partial charge on any atom is 0.318 e. The molecule has 1 atom stereocenters. The summed E-state index contributed by atoms with van der Waals surface area (Å²) in [6.45, 7) is 5.64. The van der Waals surface area contributed by atoms with Crippen LogP contribution in [0.4, 0.5) is 4.39 Å². The highest BCUT2D eigenvalue weighted by Gasteiger charge is 2.26. The number of aromatic nitrogens is 2. The van der Waals surface area contributed by atoms with Crippen LogP contribution < -0.4 is 0 Å². The van der Waals surface area contributed by atoms with E-state index in [1.165, 1.54) is 12.1 Å². The van der Waals surface area contributed by atoms with E-state index in [2.05, 4.69) is 10.1 Å². The second-order valence-electron chi connectivity index (χ2n) is 4.63. The molecule has 0 fully saturated rings. The highest BCUT2D eigenvalue weighted by Crippen LogP contribution is 2.25. The van der Waals surface area contributed by atoms with Gasteiger partial charge < -0.3 is 9.26 Å². The number of ether oxygens (including phenoxy) is 1. The lowest BCUT2D eigenvalue weighted by Gasteiger charge is -2.08. The molecule has 1 aromatic carbocycles. The van der Waals surface area contributed by atoms with Crippen LogP contribution in [0, 0.1) is 12.7 Å². The fourth-order valence-corrected chi connectivity index (χ4v) is 2.05. The van der Waals surface area contributed by atoms with Gasteiger partial charge in [-0.15, -0.1) is 0 Å². The van der Waals surface area contributed by atoms with E-state index < -0.39 is 5.92 Å². The average Bonchev–Trinajstić information content (AvgIpc) is 2.89. The smallest absolute Gasteiger partial charge is 0.318 e. The molecule has 5 nitrogen and oxygen atoms in total. The van der Waals surface area contributed by atoms with Crippen molar-refractivity contribution in [3.8, 4) is 11.4 Å². The van der Waals surface area contributed by atoms with E-state index in [0.717, 1.165) is 0 Å². The van der Waals surface area contributed by atoms with Gasteiger partial charge in [-0.2, -0.15) is 4.98 Å². The number of hydrogen-bond donors (Lipinski definition) is 0. The Bertz CT molecular complexity index is 640. The first-order chi connectivity index (χ1) is 10.1. The molecule has 0 bridgehead atoms. The number of halogens is 1. The van der Waals surface area contributed by atoms with Crippen molar-refractivity contribution in [1.29, 1.82) is 0 Å². The monoisotopic (exact) mass is 292 g/mol. The molecule has 1 aromatic heterocycles. The standard InChI is InChI=1S/C15H17FN2O3/c1-4-11(15(19)20-5-2)14-17-13(18-21-14)12-7-6-10(16)8-9(12)3/h6-8,11H,4-5H2,1-3H3. The predicted octanol–water partition coefficient (Wildman–Crippen LogP) is 3.24. The molecular weight excluding hydrogens is 275 g/mol. The van der Waals surface area contributed by atoms with Gasteiger partial charge in [0.1, 0.15) is 11.7 Å². The van der Waals surface area contributed by atoms with Crippen molar-refractivity contribution < 1.29 is 18.4 Å². The lowest BCUT2D eigenvalue weighted by Crippen LogP contribution is -2.15. The van der Waals surface area contributed by atoms with Crippen molar-refractivity contribution in [2.24, 2.45) is 0 Å². The minimum atomic E-state index is -0.577. The molecule has 112 valence electrons. The van der Waals surface area contributed by atoms with Gasteiger partial charge in [-0.05, 0) is 44.0 Å². The van der Waals surface area contributed by atoms with E-state index in [0.29, 0.717) is 30.0 Å². The fraction of sp³-hybridized carbons (Fsp3) is 0.400. The molecule has 0 spiro atoms. The van der Waals surface area contributed by atoms with Crippen molar-refractivity contribution in [2.75, 3.05) is 6.61 Å². The SMILES string of the molecule is CCOC(=O)C(CC)c1nc(-c2ccc(F)cc2C)no1. The molecule has 2 aromatic rings. The van der Waals surface area contributed by atoms with E-state index in [-0.39, 0.29) is 17.7 Å². The van der Waals surface area contributed by atoms with Crippen LogP contribution in [0.5, 0.6) is 0 Å². The van der Waals surface area contributed by atoms with Gasteiger partial charge in [-0.25, -0.2) is 4.39 Å². The van der Waals surface area contributed by atoms with Gasteiger partial charge in [0.05, 0.1) is 6.61 Å². The summed E-state index contributed by atoms with van der Waals surface area (Å²) >= 11 is 0. The summed E-state index contributed by atoms with van der Waals surface area (Å²) in [5, 5.41) is 3.87. The molecule has 0 N–H and O–H groups in total. The lowest BCUT2D eigenvalue weighted by atomic mass is 10.1. The summed E-state index contributed by atoms with van der Waals surface area (Å²) in [5.74, 6) is -0.726. The molecule has 0 saturated carbocycles. The van der Waals surface area contributed by atoms with Gasteiger partial charge in [0.2, 0.25) is 11.7 Å². The minimum absolute atomic E-state index is 0.217. The molecule has 0 aliphatic heterocycles. The number of aryl methyl sites for hydroxylation is 1. The Morgan fingerprint density at radius 3 is 2.81 bits per heavy atom. The first-order valence-corrected chi connectivity index (χ1v) is 6.83. The molecular formula is C15H17FN2O3. The van der Waals surface area contributed by atoms with Crippen LogP contribution in [0.3, 0.4) is 0 Å². The van der Waals surface area contributed by atoms with Crippen molar-refractivity contribution in [3.05, 3.63) is 35.5 Å². The quantitative estimate of drug-likeness (QED) is 0.791. The summed E-state index contributed by atoms with van der Waals surface area (Å²) in [6, 6.07) is 4.32. The number of hydrogen-bond acceptors (Lipinski definition) is 5. The Balaban J connectivity index is 2.30. The zero-order valence-corrected chi connectivity index (χ0v) is 12.2.